The Kier molecular flexibility index (Phi) is 5.80. The van der Waals surface area contributed by atoms with E-state index < -0.39 is 0 Å². The fourth-order valence-corrected chi connectivity index (χ4v) is 3.33. The molecule has 2 unspecified atom stereocenters. The first-order valence-electron chi connectivity index (χ1n) is 8.33. The normalized spacial score (nSPS) is 18.6. The lowest BCUT2D eigenvalue weighted by molar-refractivity contribution is -0.122. The molecule has 1 amide bonds. The van der Waals surface area contributed by atoms with Gasteiger partial charge in [0, 0.05) is 24.1 Å². The second-order valence-corrected chi connectivity index (χ2v) is 6.03. The zero-order valence-electron chi connectivity index (χ0n) is 13.3. The number of anilines is 1. The molecule has 2 rings (SSSR count). The molecule has 116 valence electrons. The van der Waals surface area contributed by atoms with Crippen LogP contribution in [0.1, 0.15) is 57.4 Å². The number of nitrogens with two attached hydrogens (primary N) is 1. The number of fused-ring (bicyclic) bond motifs is 1. The second kappa shape index (κ2) is 7.60. The summed E-state index contributed by atoms with van der Waals surface area (Å²) in [5, 5.41) is 0. The van der Waals surface area contributed by atoms with E-state index >= 15 is 0 Å². The summed E-state index contributed by atoms with van der Waals surface area (Å²) < 4.78 is 0. The fraction of sp³-hybridized carbons (Fsp3) is 0.611. The van der Waals surface area contributed by atoms with Crippen molar-refractivity contribution < 1.29 is 4.79 Å². The van der Waals surface area contributed by atoms with Crippen molar-refractivity contribution in [1.82, 2.24) is 0 Å². The molecule has 0 bridgehead atoms. The summed E-state index contributed by atoms with van der Waals surface area (Å²) in [4.78, 5) is 14.9. The smallest absolute Gasteiger partial charge is 0.230 e. The number of amides is 1. The van der Waals surface area contributed by atoms with Gasteiger partial charge < -0.3 is 10.6 Å². The molecule has 1 aliphatic heterocycles. The summed E-state index contributed by atoms with van der Waals surface area (Å²) in [7, 11) is 0. The SMILES string of the molecule is CCCCC(CC)C(=O)N1CC(CCN)c2ccccc21. The van der Waals surface area contributed by atoms with Crippen LogP contribution in [0.25, 0.3) is 0 Å². The van der Waals surface area contributed by atoms with E-state index in [4.69, 9.17) is 5.73 Å². The van der Waals surface area contributed by atoms with Gasteiger partial charge in [-0.05, 0) is 37.4 Å². The number of para-hydroxylation sites is 1. The van der Waals surface area contributed by atoms with Crippen LogP contribution in [-0.2, 0) is 4.79 Å². The molecule has 1 aliphatic rings. The molecular formula is C18H28N2O. The van der Waals surface area contributed by atoms with Crippen LogP contribution < -0.4 is 10.6 Å². The van der Waals surface area contributed by atoms with Crippen molar-refractivity contribution in [3.05, 3.63) is 29.8 Å². The van der Waals surface area contributed by atoms with E-state index in [1.807, 2.05) is 11.0 Å². The van der Waals surface area contributed by atoms with Crippen LogP contribution in [-0.4, -0.2) is 19.0 Å². The zero-order chi connectivity index (χ0) is 15.2. The van der Waals surface area contributed by atoms with Crippen LogP contribution >= 0.6 is 0 Å². The Balaban J connectivity index is 2.18. The summed E-state index contributed by atoms with van der Waals surface area (Å²) in [5.41, 5.74) is 8.14. The van der Waals surface area contributed by atoms with Crippen LogP contribution in [0.15, 0.2) is 24.3 Å². The predicted molar refractivity (Wildman–Crippen MR) is 88.5 cm³/mol. The van der Waals surface area contributed by atoms with Crippen LogP contribution in [0.3, 0.4) is 0 Å². The van der Waals surface area contributed by atoms with Crippen LogP contribution in [0, 0.1) is 5.92 Å². The third-order valence-corrected chi connectivity index (χ3v) is 4.60. The minimum Gasteiger partial charge on any atom is -0.330 e. The van der Waals surface area contributed by atoms with Crippen LogP contribution in [0.4, 0.5) is 5.69 Å². The fourth-order valence-electron chi connectivity index (χ4n) is 3.33. The minimum atomic E-state index is 0.162. The highest BCUT2D eigenvalue weighted by molar-refractivity contribution is 5.97. The Morgan fingerprint density at radius 2 is 2.14 bits per heavy atom. The topological polar surface area (TPSA) is 46.3 Å². The molecule has 3 heteroatoms. The van der Waals surface area contributed by atoms with E-state index in [1.54, 1.807) is 0 Å². The van der Waals surface area contributed by atoms with Gasteiger partial charge in [0.05, 0.1) is 0 Å². The van der Waals surface area contributed by atoms with Gasteiger partial charge in [-0.2, -0.15) is 0 Å². The monoisotopic (exact) mass is 288 g/mol. The van der Waals surface area contributed by atoms with E-state index in [9.17, 15) is 4.79 Å². The number of benzene rings is 1. The van der Waals surface area contributed by atoms with Gasteiger partial charge in [0.1, 0.15) is 0 Å². The maximum atomic E-state index is 12.9. The van der Waals surface area contributed by atoms with E-state index in [0.717, 1.165) is 44.3 Å². The van der Waals surface area contributed by atoms with E-state index in [-0.39, 0.29) is 5.92 Å². The summed E-state index contributed by atoms with van der Waals surface area (Å²) in [5.74, 6) is 0.867. The average molecular weight is 288 g/mol. The molecule has 0 saturated heterocycles. The Labute approximate surface area is 128 Å². The van der Waals surface area contributed by atoms with E-state index in [0.29, 0.717) is 18.4 Å². The first-order valence-corrected chi connectivity index (χ1v) is 8.33. The molecule has 0 spiro atoms. The molecule has 2 N–H and O–H groups in total. The van der Waals surface area contributed by atoms with Crippen molar-refractivity contribution >= 4 is 11.6 Å². The maximum absolute atomic E-state index is 12.9. The van der Waals surface area contributed by atoms with Gasteiger partial charge in [-0.3, -0.25) is 4.79 Å². The lowest BCUT2D eigenvalue weighted by Gasteiger charge is -2.23. The highest BCUT2D eigenvalue weighted by atomic mass is 16.2. The molecule has 2 atom stereocenters. The molecule has 0 aromatic heterocycles. The largest absolute Gasteiger partial charge is 0.330 e. The number of hydrogen-bond acceptors (Lipinski definition) is 2. The standard InChI is InChI=1S/C18H28N2O/c1-3-5-8-14(4-2)18(21)20-13-15(11-12-19)16-9-6-7-10-17(16)20/h6-7,9-10,14-15H,3-5,8,11-13,19H2,1-2H3. The Bertz CT molecular complexity index is 472. The Hall–Kier alpha value is -1.35. The molecule has 1 heterocycles. The van der Waals surface area contributed by atoms with Crippen LogP contribution in [0.5, 0.6) is 0 Å². The molecule has 21 heavy (non-hydrogen) atoms. The van der Waals surface area contributed by atoms with Crippen molar-refractivity contribution in [1.29, 1.82) is 0 Å². The van der Waals surface area contributed by atoms with Gasteiger partial charge in [0.25, 0.3) is 0 Å². The van der Waals surface area contributed by atoms with Crippen molar-refractivity contribution in [2.75, 3.05) is 18.0 Å². The molecule has 3 nitrogen and oxygen atoms in total. The first kappa shape index (κ1) is 16.0. The third kappa shape index (κ3) is 3.46. The minimum absolute atomic E-state index is 0.162. The number of carbonyl (C=O) groups excluding carboxylic acids is 1. The Morgan fingerprint density at radius 3 is 2.81 bits per heavy atom. The predicted octanol–water partition coefficient (Wildman–Crippen LogP) is 3.68. The summed E-state index contributed by atoms with van der Waals surface area (Å²) in [6.07, 6.45) is 5.17. The molecule has 1 aromatic rings. The molecule has 0 fully saturated rings. The quantitative estimate of drug-likeness (QED) is 0.832. The summed E-state index contributed by atoms with van der Waals surface area (Å²) in [6.45, 7) is 5.78. The molecule has 0 aliphatic carbocycles. The number of unbranched alkanes of at least 4 members (excludes halogenated alkanes) is 1. The second-order valence-electron chi connectivity index (χ2n) is 6.03. The van der Waals surface area contributed by atoms with Crippen LogP contribution in [0.2, 0.25) is 0 Å². The first-order chi connectivity index (χ1) is 10.2. The zero-order valence-corrected chi connectivity index (χ0v) is 13.3. The van der Waals surface area contributed by atoms with Gasteiger partial charge in [0.15, 0.2) is 0 Å². The number of carbonyl (C=O) groups is 1. The van der Waals surface area contributed by atoms with Crippen molar-refractivity contribution in [2.24, 2.45) is 11.7 Å². The molecule has 1 aromatic carbocycles. The van der Waals surface area contributed by atoms with Gasteiger partial charge in [0.2, 0.25) is 5.91 Å². The van der Waals surface area contributed by atoms with Crippen molar-refractivity contribution in [2.45, 2.75) is 51.9 Å². The van der Waals surface area contributed by atoms with E-state index in [2.05, 4.69) is 32.0 Å². The molecule has 0 saturated carbocycles. The number of hydrogen-bond donors (Lipinski definition) is 1. The maximum Gasteiger partial charge on any atom is 0.230 e. The van der Waals surface area contributed by atoms with Crippen molar-refractivity contribution in [3.63, 3.8) is 0 Å². The third-order valence-electron chi connectivity index (χ3n) is 4.60. The summed E-state index contributed by atoms with van der Waals surface area (Å²) in [6, 6.07) is 8.31. The number of rotatable bonds is 7. The van der Waals surface area contributed by atoms with Crippen molar-refractivity contribution in [3.8, 4) is 0 Å². The average Bonchev–Trinajstić information content (AvgIpc) is 2.87. The summed E-state index contributed by atoms with van der Waals surface area (Å²) >= 11 is 0. The van der Waals surface area contributed by atoms with Gasteiger partial charge in [-0.1, -0.05) is 44.9 Å². The number of nitrogens with zero attached hydrogens (tertiary/aromatic N) is 1. The lowest BCUT2D eigenvalue weighted by Crippen LogP contribution is -2.35. The Morgan fingerprint density at radius 1 is 1.38 bits per heavy atom. The lowest BCUT2D eigenvalue weighted by atomic mass is 9.97. The highest BCUT2D eigenvalue weighted by Gasteiger charge is 2.33. The van der Waals surface area contributed by atoms with Gasteiger partial charge in [-0.25, -0.2) is 0 Å². The molecular weight excluding hydrogens is 260 g/mol. The van der Waals surface area contributed by atoms with Gasteiger partial charge in [-0.15, -0.1) is 0 Å². The van der Waals surface area contributed by atoms with E-state index in [1.165, 1.54) is 5.56 Å². The highest BCUT2D eigenvalue weighted by Crippen LogP contribution is 2.39. The molecule has 0 radical (unpaired) electrons. The van der Waals surface area contributed by atoms with Gasteiger partial charge >= 0.3 is 0 Å².